The van der Waals surface area contributed by atoms with E-state index in [0.717, 1.165) is 76.2 Å². The van der Waals surface area contributed by atoms with Gasteiger partial charge in [0.25, 0.3) is 0 Å². The Bertz CT molecular complexity index is 836. The van der Waals surface area contributed by atoms with Crippen molar-refractivity contribution in [1.29, 1.82) is 0 Å². The highest BCUT2D eigenvalue weighted by atomic mass is 19.4. The summed E-state index contributed by atoms with van der Waals surface area (Å²) < 4.78 is 43.9. The number of ether oxygens (including phenoxy) is 2. The van der Waals surface area contributed by atoms with Crippen LogP contribution in [-0.2, 0) is 25.7 Å². The first-order chi connectivity index (χ1) is 16.1. The van der Waals surface area contributed by atoms with Gasteiger partial charge in [0.15, 0.2) is 0 Å². The van der Waals surface area contributed by atoms with Crippen LogP contribution in [0.3, 0.4) is 0 Å². The molecule has 0 radical (unpaired) electrons. The van der Waals surface area contributed by atoms with Gasteiger partial charge in [-0.1, -0.05) is 12.5 Å². The van der Waals surface area contributed by atoms with Crippen LogP contribution in [0.5, 0.6) is 0 Å². The molecule has 1 aromatic rings. The molecule has 1 unspecified atom stereocenters. The van der Waals surface area contributed by atoms with Crippen molar-refractivity contribution in [2.45, 2.75) is 70.3 Å². The van der Waals surface area contributed by atoms with Crippen molar-refractivity contribution in [3.63, 3.8) is 0 Å². The molecule has 0 bridgehead atoms. The number of nitrogens with zero attached hydrogens (tertiary/aromatic N) is 2. The van der Waals surface area contributed by atoms with Crippen LogP contribution in [0.15, 0.2) is 18.2 Å². The van der Waals surface area contributed by atoms with Crippen LogP contribution in [0, 0.1) is 18.8 Å². The second-order valence-electron chi connectivity index (χ2n) is 9.27. The highest BCUT2D eigenvalue weighted by Gasteiger charge is 2.47. The van der Waals surface area contributed by atoms with Gasteiger partial charge in [-0.15, -0.1) is 0 Å². The highest BCUT2D eigenvalue weighted by molar-refractivity contribution is 5.79. The van der Waals surface area contributed by atoms with Crippen LogP contribution >= 0.6 is 0 Å². The number of carboxylic acids is 1. The van der Waals surface area contributed by atoms with Crippen molar-refractivity contribution in [2.24, 2.45) is 11.8 Å². The molecular formula is C24H33F3N2O5. The number of aliphatic carboxylic acids is 1. The molecule has 1 atom stereocenters. The Morgan fingerprint density at radius 3 is 2.47 bits per heavy atom. The number of aromatic nitrogens is 1. The Morgan fingerprint density at radius 1 is 1.24 bits per heavy atom. The molecule has 1 amide bonds. The van der Waals surface area contributed by atoms with Crippen molar-refractivity contribution in [1.82, 2.24) is 9.88 Å². The van der Waals surface area contributed by atoms with E-state index in [4.69, 9.17) is 19.4 Å². The molecule has 3 fully saturated rings. The fourth-order valence-electron chi connectivity index (χ4n) is 4.85. The summed E-state index contributed by atoms with van der Waals surface area (Å²) >= 11 is 0. The van der Waals surface area contributed by atoms with Crippen molar-refractivity contribution < 1.29 is 37.3 Å². The van der Waals surface area contributed by atoms with Crippen LogP contribution in [0.4, 0.5) is 13.2 Å². The van der Waals surface area contributed by atoms with Crippen LogP contribution in [-0.4, -0.2) is 64.9 Å². The minimum absolute atomic E-state index is 0.0264. The Morgan fingerprint density at radius 2 is 1.91 bits per heavy atom. The lowest BCUT2D eigenvalue weighted by Gasteiger charge is -2.43. The zero-order valence-electron chi connectivity index (χ0n) is 19.5. The molecule has 1 aromatic heterocycles. The summed E-state index contributed by atoms with van der Waals surface area (Å²) in [5.74, 6) is -1.51. The molecule has 4 rings (SSSR count). The highest BCUT2D eigenvalue weighted by Crippen LogP contribution is 2.43. The van der Waals surface area contributed by atoms with Gasteiger partial charge in [-0.05, 0) is 63.5 Å². The lowest BCUT2D eigenvalue weighted by atomic mass is 9.77. The van der Waals surface area contributed by atoms with Gasteiger partial charge in [-0.2, -0.15) is 13.2 Å². The average molecular weight is 487 g/mol. The standard InChI is InChI=1S/C22H32N2O3.C2HF3O2/c1-17-4-2-7-20(23-17)16-26-14-8-19-9-15-27-22(19)10-12-24(13-11-22)21(25)18-5-3-6-18;3-2(4,5)1(6)7/h2,4,7,18-19H,3,5-6,8-16H2,1H3;(H,6,7). The Labute approximate surface area is 197 Å². The topological polar surface area (TPSA) is 89.0 Å². The molecule has 10 heteroatoms. The van der Waals surface area contributed by atoms with E-state index in [1.54, 1.807) is 0 Å². The third-order valence-electron chi connectivity index (χ3n) is 7.02. The largest absolute Gasteiger partial charge is 0.490 e. The van der Waals surface area contributed by atoms with Gasteiger partial charge < -0.3 is 19.5 Å². The number of carbonyl (C=O) groups is 2. The van der Waals surface area contributed by atoms with Gasteiger partial charge in [0, 0.05) is 37.9 Å². The number of rotatable bonds is 6. The SMILES string of the molecule is Cc1cccc(COCCC2CCOC23CCN(C(=O)C2CCC2)CC3)n1.O=C(O)C(F)(F)F. The second kappa shape index (κ2) is 11.5. The number of pyridine rings is 1. The molecule has 2 aliphatic heterocycles. The fourth-order valence-corrected chi connectivity index (χ4v) is 4.85. The van der Waals surface area contributed by atoms with Crippen molar-refractivity contribution in [3.05, 3.63) is 29.6 Å². The van der Waals surface area contributed by atoms with Gasteiger partial charge in [0.05, 0.1) is 17.9 Å². The number of alkyl halides is 3. The minimum atomic E-state index is -5.08. The summed E-state index contributed by atoms with van der Waals surface area (Å²) in [5, 5.41) is 7.12. The van der Waals surface area contributed by atoms with Crippen molar-refractivity contribution >= 4 is 11.9 Å². The zero-order chi connectivity index (χ0) is 24.8. The average Bonchev–Trinajstić information content (AvgIpc) is 3.12. The summed E-state index contributed by atoms with van der Waals surface area (Å²) in [6.07, 6.45) is 2.42. The van der Waals surface area contributed by atoms with E-state index in [0.29, 0.717) is 24.3 Å². The quantitative estimate of drug-likeness (QED) is 0.609. The normalized spacial score (nSPS) is 22.1. The van der Waals surface area contributed by atoms with E-state index in [1.807, 2.05) is 25.1 Å². The monoisotopic (exact) mass is 486 g/mol. The Balaban J connectivity index is 0.000000406. The van der Waals surface area contributed by atoms with Gasteiger partial charge in [-0.25, -0.2) is 4.79 Å². The maximum absolute atomic E-state index is 12.5. The number of carboxylic acid groups (broad SMARTS) is 1. The molecule has 1 spiro atoms. The van der Waals surface area contributed by atoms with E-state index in [2.05, 4.69) is 9.88 Å². The van der Waals surface area contributed by atoms with E-state index in [1.165, 1.54) is 6.42 Å². The van der Waals surface area contributed by atoms with Crippen LogP contribution < -0.4 is 0 Å². The Kier molecular flexibility index (Phi) is 8.92. The van der Waals surface area contributed by atoms with Crippen LogP contribution in [0.1, 0.15) is 56.3 Å². The summed E-state index contributed by atoms with van der Waals surface area (Å²) in [5.41, 5.74) is 2.00. The molecule has 0 aromatic carbocycles. The Hall–Kier alpha value is -2.20. The van der Waals surface area contributed by atoms with E-state index < -0.39 is 12.1 Å². The van der Waals surface area contributed by atoms with Gasteiger partial charge in [0.1, 0.15) is 0 Å². The molecule has 3 heterocycles. The van der Waals surface area contributed by atoms with Crippen LogP contribution in [0.2, 0.25) is 0 Å². The summed E-state index contributed by atoms with van der Waals surface area (Å²) in [4.78, 5) is 28.0. The third kappa shape index (κ3) is 6.91. The number of carbonyl (C=O) groups excluding carboxylic acids is 1. The fraction of sp³-hybridized carbons (Fsp3) is 0.708. The molecule has 190 valence electrons. The molecule has 1 saturated carbocycles. The summed E-state index contributed by atoms with van der Waals surface area (Å²) in [6.45, 7) is 5.90. The molecule has 1 aliphatic carbocycles. The molecule has 34 heavy (non-hydrogen) atoms. The first-order valence-corrected chi connectivity index (χ1v) is 11.8. The van der Waals surface area contributed by atoms with E-state index >= 15 is 0 Å². The smallest absolute Gasteiger partial charge is 0.475 e. The van der Waals surface area contributed by atoms with Crippen LogP contribution in [0.25, 0.3) is 0 Å². The number of hydrogen-bond donors (Lipinski definition) is 1. The van der Waals surface area contributed by atoms with E-state index in [9.17, 15) is 18.0 Å². The minimum Gasteiger partial charge on any atom is -0.475 e. The number of amides is 1. The predicted molar refractivity (Wildman–Crippen MR) is 117 cm³/mol. The summed E-state index contributed by atoms with van der Waals surface area (Å²) in [6, 6.07) is 6.05. The summed E-state index contributed by atoms with van der Waals surface area (Å²) in [7, 11) is 0. The van der Waals surface area contributed by atoms with Gasteiger partial charge in [0.2, 0.25) is 5.91 Å². The maximum Gasteiger partial charge on any atom is 0.490 e. The first kappa shape index (κ1) is 26.4. The molecule has 1 N–H and O–H groups in total. The maximum atomic E-state index is 12.5. The van der Waals surface area contributed by atoms with E-state index in [-0.39, 0.29) is 5.60 Å². The zero-order valence-corrected chi connectivity index (χ0v) is 19.5. The van der Waals surface area contributed by atoms with Gasteiger partial charge >= 0.3 is 12.1 Å². The molecule has 3 aliphatic rings. The molecular weight excluding hydrogens is 453 g/mol. The molecule has 2 saturated heterocycles. The predicted octanol–water partition coefficient (Wildman–Crippen LogP) is 4.13. The number of aryl methyl sites for hydroxylation is 1. The molecule has 7 nitrogen and oxygen atoms in total. The number of hydrogen-bond acceptors (Lipinski definition) is 5. The lowest BCUT2D eigenvalue weighted by Crippen LogP contribution is -2.51. The number of likely N-dealkylation sites (tertiary alicyclic amines) is 1. The van der Waals surface area contributed by atoms with Crippen molar-refractivity contribution in [3.8, 4) is 0 Å². The number of piperidine rings is 1. The van der Waals surface area contributed by atoms with Crippen molar-refractivity contribution in [2.75, 3.05) is 26.3 Å². The van der Waals surface area contributed by atoms with Gasteiger partial charge in [-0.3, -0.25) is 9.78 Å². The second-order valence-corrected chi connectivity index (χ2v) is 9.27. The first-order valence-electron chi connectivity index (χ1n) is 11.8. The third-order valence-corrected chi connectivity index (χ3v) is 7.02. The number of halogens is 3. The lowest BCUT2D eigenvalue weighted by molar-refractivity contribution is -0.192.